The van der Waals surface area contributed by atoms with Crippen molar-refractivity contribution in [3.8, 4) is 10.4 Å². The third kappa shape index (κ3) is 7.65. The van der Waals surface area contributed by atoms with Gasteiger partial charge in [0, 0.05) is 21.7 Å². The number of amides is 3. The van der Waals surface area contributed by atoms with Crippen molar-refractivity contribution in [3.05, 3.63) is 77.2 Å². The quantitative estimate of drug-likeness (QED) is 0.141. The van der Waals surface area contributed by atoms with Crippen molar-refractivity contribution in [2.24, 2.45) is 5.41 Å². The summed E-state index contributed by atoms with van der Waals surface area (Å²) in [5.74, 6) is -1.30. The van der Waals surface area contributed by atoms with Gasteiger partial charge in [0.15, 0.2) is 0 Å². The summed E-state index contributed by atoms with van der Waals surface area (Å²) in [4.78, 5) is 62.4. The van der Waals surface area contributed by atoms with Gasteiger partial charge in [-0.3, -0.25) is 18.9 Å². The molecule has 0 unspecified atom stereocenters. The molecule has 4 aromatic rings. The monoisotopic (exact) mass is 703 g/mol. The molecular formula is C33H36F2N3O6PS2. The van der Waals surface area contributed by atoms with Gasteiger partial charge in [0.2, 0.25) is 11.8 Å². The molecule has 47 heavy (non-hydrogen) atoms. The molecule has 3 heterocycles. The number of carbonyl (C=O) groups is 3. The Morgan fingerprint density at radius 2 is 1.68 bits per heavy atom. The van der Waals surface area contributed by atoms with Gasteiger partial charge in [0.25, 0.3) is 5.91 Å². The Morgan fingerprint density at radius 1 is 0.957 bits per heavy atom. The van der Waals surface area contributed by atoms with Gasteiger partial charge < -0.3 is 25.3 Å². The van der Waals surface area contributed by atoms with Crippen molar-refractivity contribution in [3.63, 3.8) is 0 Å². The lowest BCUT2D eigenvalue weighted by molar-refractivity contribution is -0.142. The second-order valence-electron chi connectivity index (χ2n) is 12.6. The summed E-state index contributed by atoms with van der Waals surface area (Å²) in [7, 11) is -5.77. The maximum absolute atomic E-state index is 14.3. The third-order valence-corrected chi connectivity index (χ3v) is 11.2. The van der Waals surface area contributed by atoms with Gasteiger partial charge in [-0.05, 0) is 59.5 Å². The number of alkyl halides is 2. The number of hydrogen-bond donors (Lipinski definition) is 4. The minimum atomic E-state index is -5.77. The Bertz CT molecular complexity index is 1830. The standard InChI is InChI=1S/C33H36F2N3O6PS2/c1-32(2,3)28(37-30(40)26-19-21-18-22(13-14-25(21)46-26)33(34,35)45(42,43)44)31(41)38-17-9-5-8-12-23(38)29(39)36-27-16-15-24(47-27)20-10-6-4-7-11-20/h4,6-7,10-11,13-16,18-19,23,28H,5,8-9,12,17H2,1-3H3,(H,36,39)(H,37,40)(H2,42,43,44)/t23-,28+/m0/s1. The zero-order valence-electron chi connectivity index (χ0n) is 26.0. The van der Waals surface area contributed by atoms with E-state index in [1.807, 2.05) is 42.5 Å². The van der Waals surface area contributed by atoms with Crippen LogP contribution in [0, 0.1) is 5.41 Å². The van der Waals surface area contributed by atoms with E-state index in [2.05, 4.69) is 10.6 Å². The fourth-order valence-electron chi connectivity index (χ4n) is 5.54. The molecule has 0 radical (unpaired) electrons. The summed E-state index contributed by atoms with van der Waals surface area (Å²) >= 11 is 2.45. The van der Waals surface area contributed by atoms with Crippen LogP contribution in [-0.4, -0.2) is 51.0 Å². The fraction of sp³-hybridized carbons (Fsp3) is 0.364. The molecule has 2 aromatic heterocycles. The molecule has 0 spiro atoms. The van der Waals surface area contributed by atoms with Crippen molar-refractivity contribution in [1.29, 1.82) is 0 Å². The Morgan fingerprint density at radius 3 is 2.36 bits per heavy atom. The minimum Gasteiger partial charge on any atom is -0.339 e. The predicted octanol–water partition coefficient (Wildman–Crippen LogP) is 7.41. The van der Waals surface area contributed by atoms with E-state index in [1.165, 1.54) is 23.5 Å². The highest BCUT2D eigenvalue weighted by molar-refractivity contribution is 7.52. The maximum Gasteiger partial charge on any atom is 0.399 e. The molecule has 250 valence electrons. The van der Waals surface area contributed by atoms with E-state index in [1.54, 1.807) is 25.7 Å². The maximum atomic E-state index is 14.3. The van der Waals surface area contributed by atoms with Gasteiger partial charge >= 0.3 is 13.3 Å². The smallest absolute Gasteiger partial charge is 0.339 e. The molecule has 5 rings (SSSR count). The highest BCUT2D eigenvalue weighted by atomic mass is 32.1. The van der Waals surface area contributed by atoms with Crippen LogP contribution in [0.4, 0.5) is 13.8 Å². The fourth-order valence-corrected chi connectivity index (χ4v) is 7.88. The molecule has 0 aliphatic carbocycles. The third-order valence-electron chi connectivity index (χ3n) is 8.09. The van der Waals surface area contributed by atoms with E-state index in [-0.39, 0.29) is 16.2 Å². The molecule has 1 aliphatic heterocycles. The van der Waals surface area contributed by atoms with Crippen LogP contribution in [-0.2, 0) is 19.8 Å². The molecule has 4 N–H and O–H groups in total. The van der Waals surface area contributed by atoms with Crippen LogP contribution in [0.3, 0.4) is 0 Å². The minimum absolute atomic E-state index is 0.135. The SMILES string of the molecule is CC(C)(C)[C@H](NC(=O)c1cc2cc(C(F)(F)P(=O)(O)O)ccc2s1)C(=O)N1CCCCC[C@H]1C(=O)Nc1ccc(-c2ccccc2)s1. The summed E-state index contributed by atoms with van der Waals surface area (Å²) < 4.78 is 40.5. The lowest BCUT2D eigenvalue weighted by Gasteiger charge is -2.37. The van der Waals surface area contributed by atoms with E-state index in [0.29, 0.717) is 29.1 Å². The molecule has 2 aromatic carbocycles. The first-order valence-electron chi connectivity index (χ1n) is 15.1. The van der Waals surface area contributed by atoms with Gasteiger partial charge in [-0.15, -0.1) is 22.7 Å². The molecule has 1 saturated heterocycles. The largest absolute Gasteiger partial charge is 0.399 e. The number of rotatable bonds is 8. The number of likely N-dealkylation sites (tertiary alicyclic amines) is 1. The normalized spacial score (nSPS) is 16.8. The van der Waals surface area contributed by atoms with Crippen molar-refractivity contribution in [2.45, 2.75) is 64.2 Å². The van der Waals surface area contributed by atoms with Crippen molar-refractivity contribution in [1.82, 2.24) is 10.2 Å². The van der Waals surface area contributed by atoms with Gasteiger partial charge in [0.05, 0.1) is 9.88 Å². The van der Waals surface area contributed by atoms with E-state index >= 15 is 0 Å². The number of benzene rings is 2. The van der Waals surface area contributed by atoms with E-state index < -0.39 is 48.1 Å². The van der Waals surface area contributed by atoms with E-state index in [4.69, 9.17) is 9.79 Å². The van der Waals surface area contributed by atoms with Crippen LogP contribution in [0.2, 0.25) is 0 Å². The summed E-state index contributed by atoms with van der Waals surface area (Å²) in [5.41, 5.74) is -4.98. The molecule has 0 saturated carbocycles. The number of hydrogen-bond acceptors (Lipinski definition) is 6. The van der Waals surface area contributed by atoms with Crippen molar-refractivity contribution in [2.75, 3.05) is 11.9 Å². The highest BCUT2D eigenvalue weighted by Gasteiger charge is 2.50. The van der Waals surface area contributed by atoms with Crippen LogP contribution in [0.1, 0.15) is 61.7 Å². The zero-order chi connectivity index (χ0) is 34.1. The Kier molecular flexibility index (Phi) is 10.1. The summed E-state index contributed by atoms with van der Waals surface area (Å²) in [5, 5.41) is 6.70. The summed E-state index contributed by atoms with van der Waals surface area (Å²) in [6.45, 7) is 5.76. The van der Waals surface area contributed by atoms with E-state index in [0.717, 1.165) is 46.8 Å². The molecule has 9 nitrogen and oxygen atoms in total. The van der Waals surface area contributed by atoms with Crippen molar-refractivity contribution < 1.29 is 37.5 Å². The van der Waals surface area contributed by atoms with Crippen LogP contribution < -0.4 is 10.6 Å². The Hall–Kier alpha value is -3.48. The number of nitrogens with zero attached hydrogens (tertiary/aromatic N) is 1. The van der Waals surface area contributed by atoms with Crippen LogP contribution in [0.5, 0.6) is 0 Å². The van der Waals surface area contributed by atoms with Gasteiger partial charge in [-0.25, -0.2) is 0 Å². The number of nitrogens with one attached hydrogen (secondary N) is 2. The number of halogens is 2. The molecule has 3 amide bonds. The number of carbonyl (C=O) groups excluding carboxylic acids is 3. The van der Waals surface area contributed by atoms with E-state index in [9.17, 15) is 27.7 Å². The number of fused-ring (bicyclic) bond motifs is 1. The first-order chi connectivity index (χ1) is 22.1. The lowest BCUT2D eigenvalue weighted by Crippen LogP contribution is -2.58. The van der Waals surface area contributed by atoms with Crippen LogP contribution in [0.15, 0.2) is 66.7 Å². The average molecular weight is 704 g/mol. The van der Waals surface area contributed by atoms with Crippen LogP contribution in [0.25, 0.3) is 20.5 Å². The average Bonchev–Trinajstić information content (AvgIpc) is 3.58. The second kappa shape index (κ2) is 13.6. The molecule has 1 fully saturated rings. The molecule has 1 aliphatic rings. The van der Waals surface area contributed by atoms with Gasteiger partial charge in [0.1, 0.15) is 12.1 Å². The van der Waals surface area contributed by atoms with Gasteiger partial charge in [-0.2, -0.15) is 8.78 Å². The Labute approximate surface area is 279 Å². The second-order valence-corrected chi connectivity index (χ2v) is 16.5. The lowest BCUT2D eigenvalue weighted by atomic mass is 9.85. The highest BCUT2D eigenvalue weighted by Crippen LogP contribution is 2.59. The summed E-state index contributed by atoms with van der Waals surface area (Å²) in [6, 6.07) is 16.3. The topological polar surface area (TPSA) is 136 Å². The Balaban J connectivity index is 1.35. The number of thiophene rings is 2. The number of anilines is 1. The molecule has 0 bridgehead atoms. The van der Waals surface area contributed by atoms with Gasteiger partial charge in [-0.1, -0.05) is 70.0 Å². The predicted molar refractivity (Wildman–Crippen MR) is 181 cm³/mol. The molecular weight excluding hydrogens is 667 g/mol. The summed E-state index contributed by atoms with van der Waals surface area (Å²) in [6.07, 6.45) is 2.79. The molecule has 2 atom stereocenters. The first-order valence-corrected chi connectivity index (χ1v) is 18.4. The zero-order valence-corrected chi connectivity index (χ0v) is 28.6. The van der Waals surface area contributed by atoms with Crippen LogP contribution >= 0.6 is 30.3 Å². The first kappa shape index (κ1) is 34.8. The van der Waals surface area contributed by atoms with Crippen molar-refractivity contribution >= 4 is 63.1 Å². The molecule has 14 heteroatoms.